The average molecular weight is 408 g/mol. The summed E-state index contributed by atoms with van der Waals surface area (Å²) in [5, 5.41) is 9.37. The highest BCUT2D eigenvalue weighted by molar-refractivity contribution is 7.20. The van der Waals surface area contributed by atoms with Gasteiger partial charge in [-0.25, -0.2) is 9.78 Å². The maximum Gasteiger partial charge on any atom is 0.345 e. The molecule has 4 rings (SSSR count). The SMILES string of the molecule is CCCCCCCn1c(-c2ccc(-n3ccnc3)cc2)cc2sc(C(=O)O)cc21. The summed E-state index contributed by atoms with van der Waals surface area (Å²) in [4.78, 5) is 15.9. The van der Waals surface area contributed by atoms with Crippen molar-refractivity contribution < 1.29 is 9.90 Å². The molecule has 150 valence electrons. The van der Waals surface area contributed by atoms with Crippen molar-refractivity contribution in [3.63, 3.8) is 0 Å². The van der Waals surface area contributed by atoms with Gasteiger partial charge in [-0.15, -0.1) is 11.3 Å². The van der Waals surface area contributed by atoms with Crippen molar-refractivity contribution in [2.45, 2.75) is 45.6 Å². The predicted molar refractivity (Wildman–Crippen MR) is 118 cm³/mol. The van der Waals surface area contributed by atoms with Crippen molar-refractivity contribution in [2.24, 2.45) is 0 Å². The van der Waals surface area contributed by atoms with E-state index in [0.717, 1.165) is 40.1 Å². The van der Waals surface area contributed by atoms with Crippen LogP contribution in [0.5, 0.6) is 0 Å². The number of hydrogen-bond donors (Lipinski definition) is 1. The van der Waals surface area contributed by atoms with Gasteiger partial charge in [0.15, 0.2) is 0 Å². The molecule has 3 aromatic heterocycles. The van der Waals surface area contributed by atoms with Crippen LogP contribution in [0.15, 0.2) is 55.1 Å². The Balaban J connectivity index is 1.65. The number of fused-ring (bicyclic) bond motifs is 1. The summed E-state index contributed by atoms with van der Waals surface area (Å²) in [5.74, 6) is -0.855. The Morgan fingerprint density at radius 3 is 2.59 bits per heavy atom. The predicted octanol–water partition coefficient (Wildman–Crippen LogP) is 6.22. The Labute approximate surface area is 174 Å². The molecule has 0 radical (unpaired) electrons. The first-order valence-electron chi connectivity index (χ1n) is 10.1. The number of aryl methyl sites for hydroxylation is 1. The molecule has 3 heterocycles. The minimum atomic E-state index is -0.855. The first-order valence-corrected chi connectivity index (χ1v) is 10.9. The molecule has 1 N–H and O–H groups in total. The molecule has 0 aliphatic rings. The average Bonchev–Trinajstić information content (AvgIpc) is 3.45. The van der Waals surface area contributed by atoms with Crippen molar-refractivity contribution in [2.75, 3.05) is 0 Å². The molecule has 0 atom stereocenters. The molecule has 6 heteroatoms. The highest BCUT2D eigenvalue weighted by Gasteiger charge is 2.16. The van der Waals surface area contributed by atoms with E-state index in [4.69, 9.17) is 0 Å². The minimum Gasteiger partial charge on any atom is -0.477 e. The fourth-order valence-corrected chi connectivity index (χ4v) is 4.66. The van der Waals surface area contributed by atoms with Crippen LogP contribution in [0.2, 0.25) is 0 Å². The Bertz CT molecular complexity index is 1090. The summed E-state index contributed by atoms with van der Waals surface area (Å²) in [6.07, 6.45) is 11.5. The van der Waals surface area contributed by atoms with E-state index >= 15 is 0 Å². The third kappa shape index (κ3) is 4.12. The third-order valence-electron chi connectivity index (χ3n) is 5.25. The Morgan fingerprint density at radius 2 is 1.90 bits per heavy atom. The smallest absolute Gasteiger partial charge is 0.345 e. The van der Waals surface area contributed by atoms with E-state index in [1.807, 2.05) is 16.8 Å². The second kappa shape index (κ2) is 8.66. The zero-order valence-electron chi connectivity index (χ0n) is 16.5. The van der Waals surface area contributed by atoms with E-state index in [0.29, 0.717) is 4.88 Å². The Morgan fingerprint density at radius 1 is 1.10 bits per heavy atom. The van der Waals surface area contributed by atoms with Crippen LogP contribution in [0.4, 0.5) is 0 Å². The van der Waals surface area contributed by atoms with Crippen LogP contribution in [-0.4, -0.2) is 25.2 Å². The number of thiophene rings is 1. The van der Waals surface area contributed by atoms with Gasteiger partial charge >= 0.3 is 5.97 Å². The largest absolute Gasteiger partial charge is 0.477 e. The third-order valence-corrected chi connectivity index (χ3v) is 6.31. The van der Waals surface area contributed by atoms with E-state index in [2.05, 4.69) is 46.8 Å². The topological polar surface area (TPSA) is 60.0 Å². The van der Waals surface area contributed by atoms with Gasteiger partial charge in [0, 0.05) is 30.3 Å². The second-order valence-electron chi connectivity index (χ2n) is 7.28. The number of carboxylic acids is 1. The van der Waals surface area contributed by atoms with E-state index in [-0.39, 0.29) is 0 Å². The lowest BCUT2D eigenvalue weighted by Gasteiger charge is -2.11. The van der Waals surface area contributed by atoms with Gasteiger partial charge in [0.2, 0.25) is 0 Å². The number of carbonyl (C=O) groups is 1. The van der Waals surface area contributed by atoms with Crippen molar-refractivity contribution in [1.82, 2.24) is 14.1 Å². The quantitative estimate of drug-likeness (QED) is 0.335. The van der Waals surface area contributed by atoms with Crippen molar-refractivity contribution in [1.29, 1.82) is 0 Å². The molecule has 5 nitrogen and oxygen atoms in total. The summed E-state index contributed by atoms with van der Waals surface area (Å²) in [7, 11) is 0. The maximum atomic E-state index is 11.4. The first kappa shape index (κ1) is 19.5. The first-order chi connectivity index (χ1) is 14.2. The van der Waals surface area contributed by atoms with Crippen LogP contribution in [0, 0.1) is 0 Å². The van der Waals surface area contributed by atoms with Gasteiger partial charge in [0.05, 0.1) is 16.5 Å². The summed E-state index contributed by atoms with van der Waals surface area (Å²) < 4.78 is 5.30. The summed E-state index contributed by atoms with van der Waals surface area (Å²) in [6.45, 7) is 3.13. The van der Waals surface area contributed by atoms with E-state index in [9.17, 15) is 9.90 Å². The molecular formula is C23H25N3O2S. The molecule has 0 saturated carbocycles. The van der Waals surface area contributed by atoms with E-state index in [1.54, 1.807) is 12.5 Å². The van der Waals surface area contributed by atoms with Crippen LogP contribution < -0.4 is 0 Å². The van der Waals surface area contributed by atoms with Gasteiger partial charge in [-0.3, -0.25) is 0 Å². The van der Waals surface area contributed by atoms with E-state index < -0.39 is 5.97 Å². The van der Waals surface area contributed by atoms with E-state index in [1.165, 1.54) is 37.0 Å². The Hall–Kier alpha value is -2.86. The molecule has 0 unspecified atom stereocenters. The van der Waals surface area contributed by atoms with Crippen LogP contribution in [-0.2, 0) is 6.54 Å². The van der Waals surface area contributed by atoms with Crippen LogP contribution >= 0.6 is 11.3 Å². The molecule has 29 heavy (non-hydrogen) atoms. The second-order valence-corrected chi connectivity index (χ2v) is 8.36. The molecule has 1 aromatic carbocycles. The monoisotopic (exact) mass is 407 g/mol. The molecule has 0 saturated heterocycles. The number of imidazole rings is 1. The summed E-state index contributed by atoms with van der Waals surface area (Å²) >= 11 is 1.35. The van der Waals surface area contributed by atoms with Crippen molar-refractivity contribution >= 4 is 27.5 Å². The van der Waals surface area contributed by atoms with Gasteiger partial charge in [0.1, 0.15) is 4.88 Å². The highest BCUT2D eigenvalue weighted by Crippen LogP contribution is 2.34. The fourth-order valence-electron chi connectivity index (χ4n) is 3.72. The van der Waals surface area contributed by atoms with Gasteiger partial charge in [-0.1, -0.05) is 44.7 Å². The number of unbranched alkanes of at least 4 members (excludes halogenated alkanes) is 4. The highest BCUT2D eigenvalue weighted by atomic mass is 32.1. The van der Waals surface area contributed by atoms with Crippen LogP contribution in [0.25, 0.3) is 27.2 Å². The molecule has 0 spiro atoms. The Kier molecular flexibility index (Phi) is 5.81. The molecule has 4 aromatic rings. The van der Waals surface area contributed by atoms with Gasteiger partial charge in [-0.05, 0) is 36.2 Å². The lowest BCUT2D eigenvalue weighted by atomic mass is 10.1. The zero-order chi connectivity index (χ0) is 20.2. The number of benzene rings is 1. The van der Waals surface area contributed by atoms with Gasteiger partial charge < -0.3 is 14.2 Å². The van der Waals surface area contributed by atoms with Gasteiger partial charge in [-0.2, -0.15) is 0 Å². The lowest BCUT2D eigenvalue weighted by Crippen LogP contribution is -2.01. The number of nitrogens with zero attached hydrogens (tertiary/aromatic N) is 3. The molecular weight excluding hydrogens is 382 g/mol. The fraction of sp³-hybridized carbons (Fsp3) is 0.304. The number of aromatic nitrogens is 3. The standard InChI is InChI=1S/C23H25N3O2S/c1-2-3-4-5-6-12-26-19(14-21-20(26)15-22(29-21)23(27)28)17-7-9-18(10-8-17)25-13-11-24-16-25/h7-11,13-16H,2-6,12H2,1H3,(H,27,28). The van der Waals surface area contributed by atoms with Gasteiger partial charge in [0.25, 0.3) is 0 Å². The molecule has 0 amide bonds. The normalized spacial score (nSPS) is 11.3. The number of carboxylic acid groups (broad SMARTS) is 1. The minimum absolute atomic E-state index is 0.400. The number of aromatic carboxylic acids is 1. The molecule has 0 bridgehead atoms. The van der Waals surface area contributed by atoms with Crippen LogP contribution in [0.3, 0.4) is 0 Å². The lowest BCUT2D eigenvalue weighted by molar-refractivity contribution is 0.0702. The molecule has 0 aliphatic carbocycles. The van der Waals surface area contributed by atoms with Crippen LogP contribution in [0.1, 0.15) is 48.7 Å². The van der Waals surface area contributed by atoms with Crippen molar-refractivity contribution in [3.05, 3.63) is 60.0 Å². The maximum absolute atomic E-state index is 11.4. The number of rotatable bonds is 9. The van der Waals surface area contributed by atoms with Crippen molar-refractivity contribution in [3.8, 4) is 16.9 Å². The summed E-state index contributed by atoms with van der Waals surface area (Å²) in [6, 6.07) is 12.4. The zero-order valence-corrected chi connectivity index (χ0v) is 17.4. The molecule has 0 aliphatic heterocycles. The molecule has 0 fully saturated rings. The summed E-state index contributed by atoms with van der Waals surface area (Å²) in [5.41, 5.74) is 4.38. The number of hydrogen-bond acceptors (Lipinski definition) is 3.